The van der Waals surface area contributed by atoms with Gasteiger partial charge in [0.2, 0.25) is 11.9 Å². The monoisotopic (exact) mass is 570 g/mol. The van der Waals surface area contributed by atoms with E-state index in [4.69, 9.17) is 32.0 Å². The van der Waals surface area contributed by atoms with E-state index >= 15 is 0 Å². The van der Waals surface area contributed by atoms with Crippen LogP contribution in [0.15, 0.2) is 36.5 Å². The quantitative estimate of drug-likeness (QED) is 0.422. The summed E-state index contributed by atoms with van der Waals surface area (Å²) in [5.74, 6) is -1.71. The number of rotatable bonds is 5. The highest BCUT2D eigenvalue weighted by molar-refractivity contribution is 6.30. The smallest absolute Gasteiger partial charge is 0.475 e. The van der Waals surface area contributed by atoms with E-state index in [1.807, 2.05) is 30.1 Å². The Morgan fingerprint density at radius 2 is 1.90 bits per heavy atom. The number of carbonyl (C=O) groups is 1. The molecule has 1 aromatic carbocycles. The first-order valence-corrected chi connectivity index (χ1v) is 12.7. The van der Waals surface area contributed by atoms with Gasteiger partial charge in [-0.2, -0.15) is 23.3 Å². The number of nitrogens with two attached hydrogens (primary N) is 1. The maximum Gasteiger partial charge on any atom is 0.490 e. The summed E-state index contributed by atoms with van der Waals surface area (Å²) in [4.78, 5) is 18.0. The van der Waals surface area contributed by atoms with Crippen LogP contribution in [0.25, 0.3) is 0 Å². The summed E-state index contributed by atoms with van der Waals surface area (Å²) >= 11 is 6.09. The average molecular weight is 571 g/mol. The minimum atomic E-state index is -5.08. The molecular formula is C24H30ClF3N8O3. The first-order valence-electron chi connectivity index (χ1n) is 12.3. The van der Waals surface area contributed by atoms with Crippen molar-refractivity contribution in [3.8, 4) is 0 Å². The zero-order valence-corrected chi connectivity index (χ0v) is 21.9. The molecule has 2 atom stereocenters. The summed E-state index contributed by atoms with van der Waals surface area (Å²) in [6.45, 7) is 3.36. The van der Waals surface area contributed by atoms with Crippen LogP contribution in [-0.4, -0.2) is 85.4 Å². The second-order valence-electron chi connectivity index (χ2n) is 9.42. The predicted octanol–water partition coefficient (Wildman–Crippen LogP) is 3.06. The summed E-state index contributed by atoms with van der Waals surface area (Å²) in [6, 6.07) is 11.0. The Morgan fingerprint density at radius 3 is 2.44 bits per heavy atom. The number of aliphatic carboxylic acids is 1. The number of alkyl halides is 3. The molecule has 0 saturated carbocycles. The molecular weight excluding hydrogens is 541 g/mol. The van der Waals surface area contributed by atoms with Crippen molar-refractivity contribution in [2.75, 3.05) is 36.9 Å². The van der Waals surface area contributed by atoms with E-state index < -0.39 is 12.1 Å². The van der Waals surface area contributed by atoms with Crippen molar-refractivity contribution < 1.29 is 27.8 Å². The minimum absolute atomic E-state index is 0.0230. The van der Waals surface area contributed by atoms with Gasteiger partial charge < -0.3 is 20.5 Å². The van der Waals surface area contributed by atoms with E-state index in [1.165, 1.54) is 5.56 Å². The number of halogens is 4. The first kappa shape index (κ1) is 28.6. The molecule has 0 amide bonds. The van der Waals surface area contributed by atoms with Crippen LogP contribution < -0.4 is 10.6 Å². The highest BCUT2D eigenvalue weighted by Gasteiger charge is 2.38. The lowest BCUT2D eigenvalue weighted by Gasteiger charge is -2.46. The van der Waals surface area contributed by atoms with Crippen molar-refractivity contribution in [1.29, 1.82) is 0 Å². The maximum absolute atomic E-state index is 10.6. The van der Waals surface area contributed by atoms with Gasteiger partial charge in [-0.1, -0.05) is 23.7 Å². The summed E-state index contributed by atoms with van der Waals surface area (Å²) in [7, 11) is 1.98. The number of hydrogen-bond donors (Lipinski definition) is 3. The largest absolute Gasteiger partial charge is 0.490 e. The molecule has 4 heterocycles. The van der Waals surface area contributed by atoms with Gasteiger partial charge in [0, 0.05) is 50.0 Å². The molecule has 212 valence electrons. The van der Waals surface area contributed by atoms with Gasteiger partial charge >= 0.3 is 12.1 Å². The Morgan fingerprint density at radius 1 is 1.23 bits per heavy atom. The predicted molar refractivity (Wildman–Crippen MR) is 137 cm³/mol. The lowest BCUT2D eigenvalue weighted by atomic mass is 9.96. The number of aromatic amines is 1. The van der Waals surface area contributed by atoms with Gasteiger partial charge in [0.15, 0.2) is 0 Å². The molecule has 39 heavy (non-hydrogen) atoms. The van der Waals surface area contributed by atoms with Crippen molar-refractivity contribution in [3.05, 3.63) is 52.8 Å². The van der Waals surface area contributed by atoms with Crippen molar-refractivity contribution >= 4 is 29.5 Å². The van der Waals surface area contributed by atoms with Gasteiger partial charge in [-0.15, -0.1) is 5.10 Å². The SMILES string of the molecule is Cn1nccc1[C@H]1CN(C2CCN(c3n[nH]c(N)n3)CC2)[C@@H](Cc2ccc(Cl)cc2)CO1.O=C(O)C(F)(F)F. The van der Waals surface area contributed by atoms with Gasteiger partial charge in [0.05, 0.1) is 12.3 Å². The first-order chi connectivity index (χ1) is 18.5. The molecule has 2 saturated heterocycles. The van der Waals surface area contributed by atoms with Crippen LogP contribution in [-0.2, 0) is 23.0 Å². The van der Waals surface area contributed by atoms with Crippen LogP contribution in [0.3, 0.4) is 0 Å². The Balaban J connectivity index is 0.000000448. The van der Waals surface area contributed by atoms with Gasteiger partial charge in [0.25, 0.3) is 0 Å². The molecule has 0 bridgehead atoms. The Kier molecular flexibility index (Phi) is 8.97. The molecule has 15 heteroatoms. The molecule has 0 aliphatic carbocycles. The van der Waals surface area contributed by atoms with E-state index in [1.54, 1.807) is 0 Å². The van der Waals surface area contributed by atoms with Crippen LogP contribution in [0, 0.1) is 0 Å². The number of H-pyrrole nitrogens is 1. The number of aryl methyl sites for hydroxylation is 1. The Hall–Kier alpha value is -3.36. The zero-order chi connectivity index (χ0) is 28.2. The van der Waals surface area contributed by atoms with Crippen molar-refractivity contribution in [2.45, 2.75) is 43.6 Å². The van der Waals surface area contributed by atoms with Crippen LogP contribution in [0.2, 0.25) is 5.02 Å². The van der Waals surface area contributed by atoms with Crippen LogP contribution >= 0.6 is 11.6 Å². The second-order valence-corrected chi connectivity index (χ2v) is 9.86. The number of ether oxygens (including phenoxy) is 1. The molecule has 0 radical (unpaired) electrons. The molecule has 2 fully saturated rings. The molecule has 0 unspecified atom stereocenters. The molecule has 3 aromatic rings. The van der Waals surface area contributed by atoms with Crippen molar-refractivity contribution in [1.82, 2.24) is 29.9 Å². The summed E-state index contributed by atoms with van der Waals surface area (Å²) in [6.07, 6.45) is -0.195. The van der Waals surface area contributed by atoms with Crippen LogP contribution in [0.4, 0.5) is 25.1 Å². The number of anilines is 2. The molecule has 4 N–H and O–H groups in total. The van der Waals surface area contributed by atoms with E-state index in [0.29, 0.717) is 30.6 Å². The fraction of sp³-hybridized carbons (Fsp3) is 0.500. The third kappa shape index (κ3) is 7.40. The third-order valence-electron chi connectivity index (χ3n) is 6.86. The van der Waals surface area contributed by atoms with Crippen LogP contribution in [0.1, 0.15) is 30.2 Å². The molecule has 0 spiro atoms. The fourth-order valence-electron chi connectivity index (χ4n) is 4.91. The zero-order valence-electron chi connectivity index (χ0n) is 21.2. The lowest BCUT2D eigenvalue weighted by molar-refractivity contribution is -0.192. The van der Waals surface area contributed by atoms with Gasteiger partial charge in [0.1, 0.15) is 6.10 Å². The topological polar surface area (TPSA) is 138 Å². The summed E-state index contributed by atoms with van der Waals surface area (Å²) < 4.78 is 40.0. The van der Waals surface area contributed by atoms with Gasteiger partial charge in [-0.25, -0.2) is 9.89 Å². The number of carboxylic acid groups (broad SMARTS) is 1. The minimum Gasteiger partial charge on any atom is -0.475 e. The molecule has 2 aromatic heterocycles. The third-order valence-corrected chi connectivity index (χ3v) is 7.11. The number of nitrogens with zero attached hydrogens (tertiary/aromatic N) is 6. The van der Waals surface area contributed by atoms with E-state index in [9.17, 15) is 13.2 Å². The number of nitrogen functional groups attached to an aromatic ring is 1. The van der Waals surface area contributed by atoms with Gasteiger partial charge in [-0.05, 0) is 43.0 Å². The highest BCUT2D eigenvalue weighted by atomic mass is 35.5. The van der Waals surface area contributed by atoms with E-state index in [0.717, 1.165) is 49.6 Å². The number of aromatic nitrogens is 5. The maximum atomic E-state index is 10.6. The number of hydrogen-bond acceptors (Lipinski definition) is 8. The summed E-state index contributed by atoms with van der Waals surface area (Å²) in [5, 5.41) is 19.2. The number of nitrogens with one attached hydrogen (secondary N) is 1. The van der Waals surface area contributed by atoms with E-state index in [-0.39, 0.29) is 6.10 Å². The lowest BCUT2D eigenvalue weighted by Crippen LogP contribution is -2.55. The molecule has 11 nitrogen and oxygen atoms in total. The molecule has 2 aliphatic rings. The number of benzene rings is 1. The summed E-state index contributed by atoms with van der Waals surface area (Å²) in [5.41, 5.74) is 8.11. The van der Waals surface area contributed by atoms with Crippen LogP contribution in [0.5, 0.6) is 0 Å². The van der Waals surface area contributed by atoms with Gasteiger partial charge in [-0.3, -0.25) is 9.58 Å². The Labute approximate surface area is 227 Å². The van der Waals surface area contributed by atoms with Crippen molar-refractivity contribution in [2.24, 2.45) is 7.05 Å². The number of morpholine rings is 1. The number of piperidine rings is 1. The fourth-order valence-corrected chi connectivity index (χ4v) is 5.04. The van der Waals surface area contributed by atoms with E-state index in [2.05, 4.69) is 48.3 Å². The molecule has 5 rings (SSSR count). The number of carboxylic acids is 1. The standard InChI is InChI=1S/C22H29ClN8O.C2HF3O2/c1-29-19(6-9-25-29)20-13-31(18(14-32-20)12-15-2-4-16(23)5-3-15)17-7-10-30(11-8-17)22-26-21(24)27-28-22;3-2(4,5)1(6)7/h2-6,9,17-18,20H,7-8,10-14H2,1H3,(H3,24,26,27,28);(H,6,7)/t18-,20+;/m0./s1. The second kappa shape index (κ2) is 12.2. The highest BCUT2D eigenvalue weighted by Crippen LogP contribution is 2.31. The van der Waals surface area contributed by atoms with Crippen molar-refractivity contribution in [3.63, 3.8) is 0 Å². The normalized spacial score (nSPS) is 20.9. The molecule has 2 aliphatic heterocycles. The Bertz CT molecular complexity index is 1230. The average Bonchev–Trinajstić information content (AvgIpc) is 3.53.